The number of aromatic nitrogens is 2. The molecule has 0 saturated carbocycles. The summed E-state index contributed by atoms with van der Waals surface area (Å²) < 4.78 is 5.42. The van der Waals surface area contributed by atoms with Crippen LogP contribution in [0, 0.1) is 12.8 Å². The van der Waals surface area contributed by atoms with Crippen LogP contribution in [0.1, 0.15) is 43.1 Å². The van der Waals surface area contributed by atoms with Crippen LogP contribution in [-0.2, 0) is 4.74 Å². The van der Waals surface area contributed by atoms with Gasteiger partial charge in [-0.3, -0.25) is 0 Å². The SMILES string of the molecule is Cc1nc(NCC[C@H]2CCOC2)cc(C2CCNCC2)n1. The lowest BCUT2D eigenvalue weighted by Gasteiger charge is -2.22. The molecular formula is C16H26N4O. The van der Waals surface area contributed by atoms with Gasteiger partial charge in [0.1, 0.15) is 11.6 Å². The minimum Gasteiger partial charge on any atom is -0.381 e. The average molecular weight is 290 g/mol. The zero-order chi connectivity index (χ0) is 14.5. The van der Waals surface area contributed by atoms with Gasteiger partial charge in [-0.1, -0.05) is 0 Å². The summed E-state index contributed by atoms with van der Waals surface area (Å²) in [4.78, 5) is 9.17. The van der Waals surface area contributed by atoms with E-state index in [9.17, 15) is 0 Å². The van der Waals surface area contributed by atoms with Crippen molar-refractivity contribution in [2.24, 2.45) is 5.92 Å². The second-order valence-electron chi connectivity index (χ2n) is 6.19. The lowest BCUT2D eigenvalue weighted by Crippen LogP contribution is -2.27. The van der Waals surface area contributed by atoms with Gasteiger partial charge in [0, 0.05) is 37.4 Å². The summed E-state index contributed by atoms with van der Waals surface area (Å²) in [5.41, 5.74) is 1.20. The van der Waals surface area contributed by atoms with E-state index < -0.39 is 0 Å². The van der Waals surface area contributed by atoms with E-state index in [2.05, 4.69) is 26.7 Å². The van der Waals surface area contributed by atoms with Crippen molar-refractivity contribution in [2.45, 2.75) is 38.5 Å². The first-order valence-electron chi connectivity index (χ1n) is 8.19. The van der Waals surface area contributed by atoms with Gasteiger partial charge in [-0.05, 0) is 51.6 Å². The Bertz CT molecular complexity index is 454. The van der Waals surface area contributed by atoms with E-state index in [0.717, 1.165) is 50.9 Å². The third kappa shape index (κ3) is 4.14. The monoisotopic (exact) mass is 290 g/mol. The number of anilines is 1. The van der Waals surface area contributed by atoms with Gasteiger partial charge in [0.2, 0.25) is 0 Å². The van der Waals surface area contributed by atoms with Crippen molar-refractivity contribution in [2.75, 3.05) is 38.2 Å². The van der Waals surface area contributed by atoms with Crippen LogP contribution in [0.3, 0.4) is 0 Å². The number of ether oxygens (including phenoxy) is 1. The Balaban J connectivity index is 1.57. The van der Waals surface area contributed by atoms with Crippen LogP contribution in [0.4, 0.5) is 5.82 Å². The van der Waals surface area contributed by atoms with Crippen molar-refractivity contribution in [3.8, 4) is 0 Å². The maximum absolute atomic E-state index is 5.42. The van der Waals surface area contributed by atoms with Crippen molar-refractivity contribution in [3.05, 3.63) is 17.6 Å². The van der Waals surface area contributed by atoms with E-state index in [1.165, 1.54) is 25.0 Å². The molecule has 1 aromatic rings. The summed E-state index contributed by atoms with van der Waals surface area (Å²) in [7, 11) is 0. The summed E-state index contributed by atoms with van der Waals surface area (Å²) in [6.45, 7) is 7.00. The lowest BCUT2D eigenvalue weighted by molar-refractivity contribution is 0.185. The highest BCUT2D eigenvalue weighted by Crippen LogP contribution is 2.25. The van der Waals surface area contributed by atoms with Gasteiger partial charge >= 0.3 is 0 Å². The minimum absolute atomic E-state index is 0.580. The third-order valence-corrected chi connectivity index (χ3v) is 4.50. The van der Waals surface area contributed by atoms with Crippen LogP contribution >= 0.6 is 0 Å². The Morgan fingerprint density at radius 3 is 2.90 bits per heavy atom. The summed E-state index contributed by atoms with van der Waals surface area (Å²) in [6, 6.07) is 2.15. The second kappa shape index (κ2) is 7.18. The Hall–Kier alpha value is -1.20. The number of piperidine rings is 1. The van der Waals surface area contributed by atoms with Crippen LogP contribution in [-0.4, -0.2) is 42.8 Å². The Morgan fingerprint density at radius 2 is 2.14 bits per heavy atom. The summed E-state index contributed by atoms with van der Waals surface area (Å²) in [6.07, 6.45) is 4.71. The fourth-order valence-corrected chi connectivity index (χ4v) is 3.22. The van der Waals surface area contributed by atoms with Crippen LogP contribution in [0.25, 0.3) is 0 Å². The fourth-order valence-electron chi connectivity index (χ4n) is 3.22. The van der Waals surface area contributed by atoms with Gasteiger partial charge in [0.05, 0.1) is 0 Å². The van der Waals surface area contributed by atoms with Gasteiger partial charge in [-0.15, -0.1) is 0 Å². The molecule has 5 nitrogen and oxygen atoms in total. The van der Waals surface area contributed by atoms with Crippen molar-refractivity contribution in [1.82, 2.24) is 15.3 Å². The topological polar surface area (TPSA) is 59.1 Å². The molecule has 116 valence electrons. The molecule has 2 fully saturated rings. The van der Waals surface area contributed by atoms with Crippen LogP contribution in [0.15, 0.2) is 6.07 Å². The maximum atomic E-state index is 5.42. The van der Waals surface area contributed by atoms with E-state index in [1.54, 1.807) is 0 Å². The van der Waals surface area contributed by atoms with Crippen molar-refractivity contribution in [1.29, 1.82) is 0 Å². The highest BCUT2D eigenvalue weighted by atomic mass is 16.5. The van der Waals surface area contributed by atoms with E-state index in [-0.39, 0.29) is 0 Å². The quantitative estimate of drug-likeness (QED) is 0.869. The van der Waals surface area contributed by atoms with Gasteiger partial charge in [-0.2, -0.15) is 0 Å². The second-order valence-corrected chi connectivity index (χ2v) is 6.19. The number of hydrogen-bond donors (Lipinski definition) is 2. The van der Waals surface area contributed by atoms with Crippen LogP contribution < -0.4 is 10.6 Å². The van der Waals surface area contributed by atoms with Crippen molar-refractivity contribution < 1.29 is 4.74 Å². The first-order valence-corrected chi connectivity index (χ1v) is 8.19. The summed E-state index contributed by atoms with van der Waals surface area (Å²) in [5, 5.41) is 6.88. The molecule has 3 rings (SSSR count). The molecule has 3 heterocycles. The maximum Gasteiger partial charge on any atom is 0.129 e. The lowest BCUT2D eigenvalue weighted by atomic mass is 9.94. The molecule has 2 saturated heterocycles. The largest absolute Gasteiger partial charge is 0.381 e. The average Bonchev–Trinajstić information content (AvgIpc) is 3.01. The molecule has 1 aromatic heterocycles. The standard InChI is InChI=1S/C16H26N4O/c1-12-19-15(14-3-6-17-7-4-14)10-16(20-12)18-8-2-13-5-9-21-11-13/h10,13-14,17H,2-9,11H2,1H3,(H,18,19,20)/t13-/m0/s1. The van der Waals surface area contributed by atoms with Crippen LogP contribution in [0.5, 0.6) is 0 Å². The first-order chi connectivity index (χ1) is 10.3. The van der Waals surface area contributed by atoms with E-state index in [1.807, 2.05) is 6.92 Å². The Morgan fingerprint density at radius 1 is 1.29 bits per heavy atom. The molecule has 2 aliphatic rings. The van der Waals surface area contributed by atoms with E-state index in [4.69, 9.17) is 4.74 Å². The number of nitrogens with zero attached hydrogens (tertiary/aromatic N) is 2. The summed E-state index contributed by atoms with van der Waals surface area (Å²) in [5.74, 6) is 3.15. The Kier molecular flexibility index (Phi) is 5.04. The van der Waals surface area contributed by atoms with Crippen molar-refractivity contribution in [3.63, 3.8) is 0 Å². The molecule has 0 amide bonds. The molecule has 21 heavy (non-hydrogen) atoms. The van der Waals surface area contributed by atoms with Gasteiger partial charge < -0.3 is 15.4 Å². The molecular weight excluding hydrogens is 264 g/mol. The van der Waals surface area contributed by atoms with E-state index in [0.29, 0.717) is 11.8 Å². The van der Waals surface area contributed by atoms with Crippen molar-refractivity contribution >= 4 is 5.82 Å². The molecule has 0 aromatic carbocycles. The normalized spacial score (nSPS) is 23.4. The zero-order valence-corrected chi connectivity index (χ0v) is 12.9. The highest BCUT2D eigenvalue weighted by Gasteiger charge is 2.18. The molecule has 0 spiro atoms. The molecule has 0 aliphatic carbocycles. The Labute approximate surface area is 126 Å². The zero-order valence-electron chi connectivity index (χ0n) is 12.9. The minimum atomic E-state index is 0.580. The molecule has 5 heteroatoms. The number of rotatable bonds is 5. The van der Waals surface area contributed by atoms with Gasteiger partial charge in [0.15, 0.2) is 0 Å². The number of hydrogen-bond acceptors (Lipinski definition) is 5. The molecule has 0 bridgehead atoms. The number of aryl methyl sites for hydroxylation is 1. The molecule has 2 N–H and O–H groups in total. The van der Waals surface area contributed by atoms with Crippen LogP contribution in [0.2, 0.25) is 0 Å². The molecule has 0 radical (unpaired) electrons. The number of nitrogens with one attached hydrogen (secondary N) is 2. The fraction of sp³-hybridized carbons (Fsp3) is 0.750. The van der Waals surface area contributed by atoms with E-state index >= 15 is 0 Å². The molecule has 1 atom stereocenters. The van der Waals surface area contributed by atoms with Gasteiger partial charge in [-0.25, -0.2) is 9.97 Å². The molecule has 2 aliphatic heterocycles. The predicted octanol–water partition coefficient (Wildman–Crippen LogP) is 2.09. The first kappa shape index (κ1) is 14.7. The highest BCUT2D eigenvalue weighted by molar-refractivity contribution is 5.37. The molecule has 0 unspecified atom stereocenters. The third-order valence-electron chi connectivity index (χ3n) is 4.50. The summed E-state index contributed by atoms with van der Waals surface area (Å²) >= 11 is 0. The van der Waals surface area contributed by atoms with Gasteiger partial charge in [0.25, 0.3) is 0 Å². The smallest absolute Gasteiger partial charge is 0.129 e. The predicted molar refractivity (Wildman–Crippen MR) is 83.6 cm³/mol.